The summed E-state index contributed by atoms with van der Waals surface area (Å²) in [4.78, 5) is 15.6. The Bertz CT molecular complexity index is 917. The number of hydrogen-bond acceptors (Lipinski definition) is 6. The zero-order valence-electron chi connectivity index (χ0n) is 14.5. The number of nitrogens with zero attached hydrogens (tertiary/aromatic N) is 2. The molecule has 8 heteroatoms. The molecule has 1 aromatic carbocycles. The van der Waals surface area contributed by atoms with E-state index in [4.69, 9.17) is 16.1 Å². The number of thiophene rings is 1. The lowest BCUT2D eigenvalue weighted by Crippen LogP contribution is -2.32. The molecular formula is C19H18ClN3O2S2. The van der Waals surface area contributed by atoms with Crippen molar-refractivity contribution in [2.75, 3.05) is 29.5 Å². The molecule has 1 aliphatic heterocycles. The summed E-state index contributed by atoms with van der Waals surface area (Å²) in [6.45, 7) is 2.62. The van der Waals surface area contributed by atoms with Gasteiger partial charge in [-0.1, -0.05) is 28.9 Å². The van der Waals surface area contributed by atoms with Crippen LogP contribution in [0, 0.1) is 0 Å². The maximum Gasteiger partial charge on any atom is 0.273 e. The zero-order valence-corrected chi connectivity index (χ0v) is 16.9. The predicted octanol–water partition coefficient (Wildman–Crippen LogP) is 4.54. The summed E-state index contributed by atoms with van der Waals surface area (Å²) in [6.07, 6.45) is 0. The van der Waals surface area contributed by atoms with Crippen molar-refractivity contribution in [1.82, 2.24) is 10.5 Å². The Morgan fingerprint density at radius 1 is 1.19 bits per heavy atom. The molecule has 0 unspecified atom stereocenters. The molecule has 0 aliphatic carbocycles. The van der Waals surface area contributed by atoms with Crippen molar-refractivity contribution in [2.24, 2.45) is 0 Å². The molecule has 27 heavy (non-hydrogen) atoms. The molecule has 0 atom stereocenters. The SMILES string of the molecule is O=C(NCc1ccc(N2CCSCC2)cc1)c1cc(-c2ccc(Cl)s2)on1. The van der Waals surface area contributed by atoms with Crippen LogP contribution < -0.4 is 10.2 Å². The van der Waals surface area contributed by atoms with Gasteiger partial charge >= 0.3 is 0 Å². The van der Waals surface area contributed by atoms with E-state index in [9.17, 15) is 4.79 Å². The summed E-state index contributed by atoms with van der Waals surface area (Å²) >= 11 is 9.31. The van der Waals surface area contributed by atoms with Crippen molar-refractivity contribution in [3.8, 4) is 10.6 Å². The quantitative estimate of drug-likeness (QED) is 0.657. The molecule has 3 aromatic rings. The Balaban J connectivity index is 1.34. The average Bonchev–Trinajstić information content (AvgIpc) is 3.36. The number of halogens is 1. The van der Waals surface area contributed by atoms with Crippen LogP contribution in [0.15, 0.2) is 47.0 Å². The first-order valence-electron chi connectivity index (χ1n) is 8.61. The van der Waals surface area contributed by atoms with Gasteiger partial charge in [0.15, 0.2) is 11.5 Å². The number of nitrogens with one attached hydrogen (secondary N) is 1. The Labute approximate surface area is 170 Å². The third kappa shape index (κ3) is 4.48. The summed E-state index contributed by atoms with van der Waals surface area (Å²) in [6, 6.07) is 13.6. The molecule has 3 heterocycles. The van der Waals surface area contributed by atoms with Crippen molar-refractivity contribution in [3.63, 3.8) is 0 Å². The smallest absolute Gasteiger partial charge is 0.273 e. The van der Waals surface area contributed by atoms with Crippen LogP contribution in [-0.2, 0) is 6.54 Å². The topological polar surface area (TPSA) is 58.4 Å². The van der Waals surface area contributed by atoms with Gasteiger partial charge in [-0.2, -0.15) is 11.8 Å². The van der Waals surface area contributed by atoms with Gasteiger partial charge in [-0.3, -0.25) is 4.79 Å². The lowest BCUT2D eigenvalue weighted by atomic mass is 10.2. The van der Waals surface area contributed by atoms with E-state index in [2.05, 4.69) is 39.6 Å². The molecule has 0 bridgehead atoms. The van der Waals surface area contributed by atoms with Crippen molar-refractivity contribution in [1.29, 1.82) is 0 Å². The van der Waals surface area contributed by atoms with Crippen LogP contribution in [0.1, 0.15) is 16.1 Å². The normalized spacial score (nSPS) is 14.3. The maximum atomic E-state index is 12.3. The second-order valence-electron chi connectivity index (χ2n) is 6.13. The zero-order chi connectivity index (χ0) is 18.6. The standard InChI is InChI=1S/C19H18ClN3O2S2/c20-18-6-5-17(27-18)16-11-15(22-25-16)19(24)21-12-13-1-3-14(4-2-13)23-7-9-26-10-8-23/h1-6,11H,7-10,12H2,(H,21,24). The van der Waals surface area contributed by atoms with Crippen LogP contribution in [0.2, 0.25) is 4.34 Å². The highest BCUT2D eigenvalue weighted by Gasteiger charge is 2.15. The molecule has 140 valence electrons. The summed E-state index contributed by atoms with van der Waals surface area (Å²) in [5.74, 6) is 2.63. The van der Waals surface area contributed by atoms with Gasteiger partial charge in [-0.25, -0.2) is 0 Å². The van der Waals surface area contributed by atoms with E-state index in [0.717, 1.165) is 23.5 Å². The van der Waals surface area contributed by atoms with Crippen LogP contribution in [0.4, 0.5) is 5.69 Å². The first-order chi connectivity index (χ1) is 13.2. The largest absolute Gasteiger partial charge is 0.370 e. The lowest BCUT2D eigenvalue weighted by molar-refractivity contribution is 0.0942. The van der Waals surface area contributed by atoms with E-state index in [1.54, 1.807) is 12.1 Å². The minimum Gasteiger partial charge on any atom is -0.370 e. The fourth-order valence-electron chi connectivity index (χ4n) is 2.86. The number of aromatic nitrogens is 1. The summed E-state index contributed by atoms with van der Waals surface area (Å²) < 4.78 is 5.92. The first kappa shape index (κ1) is 18.4. The Hall–Kier alpha value is -1.96. The van der Waals surface area contributed by atoms with Gasteiger partial charge in [0, 0.05) is 42.9 Å². The van der Waals surface area contributed by atoms with Gasteiger partial charge in [-0.05, 0) is 29.8 Å². The first-order valence-corrected chi connectivity index (χ1v) is 11.0. The molecule has 2 aromatic heterocycles. The molecule has 1 amide bonds. The van der Waals surface area contributed by atoms with Gasteiger partial charge in [-0.15, -0.1) is 11.3 Å². The monoisotopic (exact) mass is 419 g/mol. The van der Waals surface area contributed by atoms with E-state index in [0.29, 0.717) is 16.6 Å². The van der Waals surface area contributed by atoms with Crippen molar-refractivity contribution < 1.29 is 9.32 Å². The number of rotatable bonds is 5. The van der Waals surface area contributed by atoms with Gasteiger partial charge < -0.3 is 14.7 Å². The van der Waals surface area contributed by atoms with Crippen LogP contribution in [-0.4, -0.2) is 35.7 Å². The Morgan fingerprint density at radius 2 is 1.96 bits per heavy atom. The number of carbonyl (C=O) groups excluding carboxylic acids is 1. The van der Waals surface area contributed by atoms with E-state index < -0.39 is 0 Å². The van der Waals surface area contributed by atoms with Crippen molar-refractivity contribution >= 4 is 46.3 Å². The molecule has 1 N–H and O–H groups in total. The highest BCUT2D eigenvalue weighted by Crippen LogP contribution is 2.31. The van der Waals surface area contributed by atoms with Gasteiger partial charge in [0.05, 0.1) is 9.21 Å². The minimum absolute atomic E-state index is 0.259. The average molecular weight is 420 g/mol. The fraction of sp³-hybridized carbons (Fsp3) is 0.263. The molecule has 0 saturated carbocycles. The van der Waals surface area contributed by atoms with Gasteiger partial charge in [0.25, 0.3) is 5.91 Å². The number of benzene rings is 1. The third-order valence-corrected chi connectivity index (χ3v) is 6.51. The van der Waals surface area contributed by atoms with Crippen molar-refractivity contribution in [2.45, 2.75) is 6.54 Å². The second-order valence-corrected chi connectivity index (χ2v) is 9.07. The lowest BCUT2D eigenvalue weighted by Gasteiger charge is -2.28. The summed E-state index contributed by atoms with van der Waals surface area (Å²) in [5, 5.41) is 6.74. The maximum absolute atomic E-state index is 12.3. The van der Waals surface area contributed by atoms with Gasteiger partial charge in [0.2, 0.25) is 0 Å². The van der Waals surface area contributed by atoms with E-state index in [1.165, 1.54) is 28.5 Å². The molecule has 1 aliphatic rings. The Kier molecular flexibility index (Phi) is 5.71. The van der Waals surface area contributed by atoms with E-state index in [1.807, 2.05) is 17.8 Å². The van der Waals surface area contributed by atoms with Gasteiger partial charge in [0.1, 0.15) is 0 Å². The Morgan fingerprint density at radius 3 is 2.67 bits per heavy atom. The number of anilines is 1. The molecule has 4 rings (SSSR count). The molecule has 5 nitrogen and oxygen atoms in total. The predicted molar refractivity (Wildman–Crippen MR) is 112 cm³/mol. The van der Waals surface area contributed by atoms with E-state index >= 15 is 0 Å². The summed E-state index contributed by atoms with van der Waals surface area (Å²) in [7, 11) is 0. The molecule has 0 radical (unpaired) electrons. The molecule has 1 saturated heterocycles. The van der Waals surface area contributed by atoms with Crippen LogP contribution in [0.3, 0.4) is 0 Å². The minimum atomic E-state index is -0.259. The highest BCUT2D eigenvalue weighted by molar-refractivity contribution is 7.99. The highest BCUT2D eigenvalue weighted by atomic mass is 35.5. The third-order valence-electron chi connectivity index (χ3n) is 4.32. The molecular weight excluding hydrogens is 402 g/mol. The van der Waals surface area contributed by atoms with Crippen LogP contribution in [0.5, 0.6) is 0 Å². The molecule has 1 fully saturated rings. The van der Waals surface area contributed by atoms with Crippen molar-refractivity contribution in [3.05, 3.63) is 58.1 Å². The number of hydrogen-bond donors (Lipinski definition) is 1. The fourth-order valence-corrected chi connectivity index (χ4v) is 4.76. The molecule has 0 spiro atoms. The van der Waals surface area contributed by atoms with Crippen LogP contribution >= 0.6 is 34.7 Å². The number of amides is 1. The number of carbonyl (C=O) groups is 1. The second kappa shape index (κ2) is 8.37. The van der Waals surface area contributed by atoms with Crippen LogP contribution in [0.25, 0.3) is 10.6 Å². The van der Waals surface area contributed by atoms with E-state index in [-0.39, 0.29) is 11.6 Å². The number of thioether (sulfide) groups is 1. The summed E-state index contributed by atoms with van der Waals surface area (Å²) in [5.41, 5.74) is 2.55.